The minimum Gasteiger partial charge on any atom is -0.481 e. The number of hydrogen-bond donors (Lipinski definition) is 1. The maximum Gasteiger partial charge on any atom is 0.308 e. The van der Waals surface area contributed by atoms with E-state index in [9.17, 15) is 9.59 Å². The number of oxazole rings is 1. The first kappa shape index (κ1) is 12.2. The molecular weight excluding hydrogens is 212 g/mol. The Morgan fingerprint density at radius 1 is 1.62 bits per heavy atom. The predicted octanol–water partition coefficient (Wildman–Crippen LogP) is 0.776. The van der Waals surface area contributed by atoms with Gasteiger partial charge in [0, 0.05) is 13.6 Å². The van der Waals surface area contributed by atoms with Crippen molar-refractivity contribution in [1.82, 2.24) is 9.88 Å². The van der Waals surface area contributed by atoms with Crippen LogP contribution in [0.5, 0.6) is 0 Å². The van der Waals surface area contributed by atoms with Crippen LogP contribution < -0.4 is 0 Å². The van der Waals surface area contributed by atoms with Gasteiger partial charge in [0.2, 0.25) is 0 Å². The van der Waals surface area contributed by atoms with Crippen LogP contribution in [0, 0.1) is 12.8 Å². The number of hydrogen-bond acceptors (Lipinski definition) is 4. The smallest absolute Gasteiger partial charge is 0.308 e. The van der Waals surface area contributed by atoms with Gasteiger partial charge >= 0.3 is 5.97 Å². The Bertz CT molecular complexity index is 399. The second-order valence-electron chi connectivity index (χ2n) is 3.68. The molecule has 88 valence electrons. The first-order chi connectivity index (χ1) is 7.43. The predicted molar refractivity (Wildman–Crippen MR) is 55.0 cm³/mol. The zero-order valence-electron chi connectivity index (χ0n) is 9.43. The molecule has 0 spiro atoms. The summed E-state index contributed by atoms with van der Waals surface area (Å²) in [7, 11) is 1.54. The highest BCUT2D eigenvalue weighted by Gasteiger charge is 2.21. The lowest BCUT2D eigenvalue weighted by molar-refractivity contribution is -0.141. The number of aryl methyl sites for hydroxylation is 1. The van der Waals surface area contributed by atoms with Gasteiger partial charge in [0.15, 0.2) is 12.1 Å². The van der Waals surface area contributed by atoms with Crippen molar-refractivity contribution in [2.24, 2.45) is 5.92 Å². The summed E-state index contributed by atoms with van der Waals surface area (Å²) in [6.45, 7) is 3.32. The molecule has 0 saturated heterocycles. The molecule has 0 radical (unpaired) electrons. The van der Waals surface area contributed by atoms with E-state index in [2.05, 4.69) is 4.98 Å². The van der Waals surface area contributed by atoms with Gasteiger partial charge < -0.3 is 14.4 Å². The summed E-state index contributed by atoms with van der Waals surface area (Å²) in [4.78, 5) is 27.5. The standard InChI is InChI=1S/C10H14N2O4/c1-6(10(14)15)4-12(3)9(13)8-7(2)16-5-11-8/h5-6H,4H2,1-3H3,(H,14,15). The van der Waals surface area contributed by atoms with Crippen molar-refractivity contribution in [2.75, 3.05) is 13.6 Å². The monoisotopic (exact) mass is 226 g/mol. The topological polar surface area (TPSA) is 83.6 Å². The maximum atomic E-state index is 11.8. The molecule has 0 aliphatic heterocycles. The fraction of sp³-hybridized carbons (Fsp3) is 0.500. The van der Waals surface area contributed by atoms with Crippen molar-refractivity contribution in [3.05, 3.63) is 17.8 Å². The third-order valence-electron chi connectivity index (χ3n) is 2.26. The van der Waals surface area contributed by atoms with Crippen molar-refractivity contribution in [2.45, 2.75) is 13.8 Å². The number of nitrogens with zero attached hydrogens (tertiary/aromatic N) is 2. The van der Waals surface area contributed by atoms with Gasteiger partial charge in [0.25, 0.3) is 5.91 Å². The molecule has 1 N–H and O–H groups in total. The van der Waals surface area contributed by atoms with Crippen LogP contribution in [-0.4, -0.2) is 40.5 Å². The number of aliphatic carboxylic acids is 1. The quantitative estimate of drug-likeness (QED) is 0.820. The Morgan fingerprint density at radius 2 is 2.25 bits per heavy atom. The van der Waals surface area contributed by atoms with E-state index in [1.165, 1.54) is 18.3 Å². The molecule has 6 nitrogen and oxygen atoms in total. The Morgan fingerprint density at radius 3 is 2.69 bits per heavy atom. The summed E-state index contributed by atoms with van der Waals surface area (Å²) < 4.78 is 4.91. The lowest BCUT2D eigenvalue weighted by Crippen LogP contribution is -2.34. The Hall–Kier alpha value is -1.85. The summed E-state index contributed by atoms with van der Waals surface area (Å²) in [6.07, 6.45) is 1.19. The summed E-state index contributed by atoms with van der Waals surface area (Å²) in [5.41, 5.74) is 0.222. The lowest BCUT2D eigenvalue weighted by Gasteiger charge is -2.18. The van der Waals surface area contributed by atoms with E-state index in [4.69, 9.17) is 9.52 Å². The van der Waals surface area contributed by atoms with Crippen LogP contribution in [0.1, 0.15) is 23.2 Å². The van der Waals surface area contributed by atoms with Crippen molar-refractivity contribution in [1.29, 1.82) is 0 Å². The van der Waals surface area contributed by atoms with Crippen LogP contribution in [0.4, 0.5) is 0 Å². The van der Waals surface area contributed by atoms with Crippen LogP contribution in [-0.2, 0) is 4.79 Å². The molecule has 0 aliphatic carbocycles. The van der Waals surface area contributed by atoms with Gasteiger partial charge in [-0.1, -0.05) is 6.92 Å². The van der Waals surface area contributed by atoms with Crippen molar-refractivity contribution in [3.63, 3.8) is 0 Å². The van der Waals surface area contributed by atoms with Crippen LogP contribution >= 0.6 is 0 Å². The van der Waals surface area contributed by atoms with E-state index < -0.39 is 11.9 Å². The first-order valence-corrected chi connectivity index (χ1v) is 4.81. The van der Waals surface area contributed by atoms with Gasteiger partial charge in [-0.25, -0.2) is 4.98 Å². The molecule has 0 aromatic carbocycles. The normalized spacial score (nSPS) is 12.2. The summed E-state index contributed by atoms with van der Waals surface area (Å²) in [5.74, 6) is -1.45. The number of carbonyl (C=O) groups excluding carboxylic acids is 1. The second kappa shape index (κ2) is 4.78. The van der Waals surface area contributed by atoms with Gasteiger partial charge in [0.05, 0.1) is 5.92 Å². The SMILES string of the molecule is Cc1ocnc1C(=O)N(C)CC(C)C(=O)O. The average Bonchev–Trinajstić information content (AvgIpc) is 2.62. The number of carboxylic acid groups (broad SMARTS) is 1. The van der Waals surface area contributed by atoms with E-state index in [0.717, 1.165) is 0 Å². The van der Waals surface area contributed by atoms with E-state index >= 15 is 0 Å². The molecule has 1 rings (SSSR count). The molecule has 1 atom stereocenters. The Labute approximate surface area is 92.9 Å². The molecule has 1 heterocycles. The van der Waals surface area contributed by atoms with Crippen LogP contribution in [0.2, 0.25) is 0 Å². The number of aromatic nitrogens is 1. The number of rotatable bonds is 4. The fourth-order valence-corrected chi connectivity index (χ4v) is 1.26. The molecule has 1 aromatic rings. The van der Waals surface area contributed by atoms with E-state index in [1.807, 2.05) is 0 Å². The van der Waals surface area contributed by atoms with Gasteiger partial charge in [-0.15, -0.1) is 0 Å². The molecule has 0 fully saturated rings. The van der Waals surface area contributed by atoms with Gasteiger partial charge in [-0.05, 0) is 6.92 Å². The highest BCUT2D eigenvalue weighted by Crippen LogP contribution is 2.09. The first-order valence-electron chi connectivity index (χ1n) is 4.81. The number of amides is 1. The molecular formula is C10H14N2O4. The highest BCUT2D eigenvalue weighted by molar-refractivity contribution is 5.93. The van der Waals surface area contributed by atoms with Crippen molar-refractivity contribution < 1.29 is 19.1 Å². The van der Waals surface area contributed by atoms with Gasteiger partial charge in [0.1, 0.15) is 5.76 Å². The minimum atomic E-state index is -0.934. The molecule has 16 heavy (non-hydrogen) atoms. The summed E-state index contributed by atoms with van der Waals surface area (Å²) >= 11 is 0. The van der Waals surface area contributed by atoms with E-state index in [1.54, 1.807) is 13.8 Å². The largest absolute Gasteiger partial charge is 0.481 e. The summed E-state index contributed by atoms with van der Waals surface area (Å²) in [5, 5.41) is 8.73. The van der Waals surface area contributed by atoms with Gasteiger partial charge in [-0.3, -0.25) is 9.59 Å². The third kappa shape index (κ3) is 2.59. The maximum absolute atomic E-state index is 11.8. The van der Waals surface area contributed by atoms with Crippen molar-refractivity contribution >= 4 is 11.9 Å². The molecule has 1 amide bonds. The molecule has 0 bridgehead atoms. The zero-order valence-corrected chi connectivity index (χ0v) is 9.43. The van der Waals surface area contributed by atoms with Crippen molar-refractivity contribution in [3.8, 4) is 0 Å². The molecule has 1 aromatic heterocycles. The van der Waals surface area contributed by atoms with E-state index in [0.29, 0.717) is 5.76 Å². The lowest BCUT2D eigenvalue weighted by atomic mass is 10.1. The molecule has 6 heteroatoms. The summed E-state index contributed by atoms with van der Waals surface area (Å²) in [6, 6.07) is 0. The number of carbonyl (C=O) groups is 2. The second-order valence-corrected chi connectivity index (χ2v) is 3.68. The highest BCUT2D eigenvalue weighted by atomic mass is 16.4. The fourth-order valence-electron chi connectivity index (χ4n) is 1.26. The van der Waals surface area contributed by atoms with Crippen LogP contribution in [0.3, 0.4) is 0 Å². The molecule has 0 aliphatic rings. The number of carboxylic acids is 1. The van der Waals surface area contributed by atoms with Crippen LogP contribution in [0.25, 0.3) is 0 Å². The average molecular weight is 226 g/mol. The minimum absolute atomic E-state index is 0.139. The molecule has 1 unspecified atom stereocenters. The third-order valence-corrected chi connectivity index (χ3v) is 2.26. The zero-order chi connectivity index (χ0) is 12.3. The Kier molecular flexibility index (Phi) is 3.65. The molecule has 0 saturated carbocycles. The van der Waals surface area contributed by atoms with E-state index in [-0.39, 0.29) is 18.1 Å². The van der Waals surface area contributed by atoms with Gasteiger partial charge in [-0.2, -0.15) is 0 Å². The van der Waals surface area contributed by atoms with Crippen LogP contribution in [0.15, 0.2) is 10.8 Å². The Balaban J connectivity index is 2.69.